The summed E-state index contributed by atoms with van der Waals surface area (Å²) in [4.78, 5) is 15.2. The van der Waals surface area contributed by atoms with E-state index in [2.05, 4.69) is 15.5 Å². The summed E-state index contributed by atoms with van der Waals surface area (Å²) in [5.41, 5.74) is 5.39. The van der Waals surface area contributed by atoms with Crippen LogP contribution in [0, 0.1) is 6.92 Å². The fraction of sp³-hybridized carbons (Fsp3) is 0.625. The first kappa shape index (κ1) is 13.9. The summed E-state index contributed by atoms with van der Waals surface area (Å²) < 4.78 is 4.89. The van der Waals surface area contributed by atoms with E-state index < -0.39 is 6.04 Å². The second-order valence-corrected chi connectivity index (χ2v) is 3.20. The van der Waals surface area contributed by atoms with Crippen LogP contribution in [0.2, 0.25) is 0 Å². The number of carbonyl (C=O) groups is 1. The highest BCUT2D eigenvalue weighted by Crippen LogP contribution is 2.08. The van der Waals surface area contributed by atoms with Gasteiger partial charge in [-0.05, 0) is 20.8 Å². The van der Waals surface area contributed by atoms with Gasteiger partial charge < -0.3 is 15.6 Å². The molecule has 7 heteroatoms. The number of halogens is 1. The Morgan fingerprint density at radius 2 is 2.13 bits per heavy atom. The van der Waals surface area contributed by atoms with Gasteiger partial charge in [0.15, 0.2) is 5.82 Å². The number of nitrogens with two attached hydrogens (primary N) is 1. The van der Waals surface area contributed by atoms with Crippen molar-refractivity contribution in [2.75, 3.05) is 0 Å². The van der Waals surface area contributed by atoms with Gasteiger partial charge in [-0.15, -0.1) is 12.4 Å². The Balaban J connectivity index is 0.00000196. The molecule has 1 amide bonds. The highest BCUT2D eigenvalue weighted by molar-refractivity contribution is 5.85. The number of nitrogens with one attached hydrogen (secondary N) is 1. The summed E-state index contributed by atoms with van der Waals surface area (Å²) in [6.45, 7) is 5.08. The largest absolute Gasteiger partial charge is 0.343 e. The number of aryl methyl sites for hydroxylation is 1. The number of nitrogens with zero attached hydrogens (tertiary/aromatic N) is 2. The fourth-order valence-corrected chi connectivity index (χ4v) is 0.896. The molecular weight excluding hydrogens is 220 g/mol. The summed E-state index contributed by atoms with van der Waals surface area (Å²) >= 11 is 0. The lowest BCUT2D eigenvalue weighted by molar-refractivity contribution is -0.122. The molecule has 0 aromatic carbocycles. The Labute approximate surface area is 94.0 Å². The predicted molar refractivity (Wildman–Crippen MR) is 56.5 cm³/mol. The van der Waals surface area contributed by atoms with Crippen LogP contribution in [0.3, 0.4) is 0 Å². The van der Waals surface area contributed by atoms with Crippen molar-refractivity contribution in [1.82, 2.24) is 15.5 Å². The number of hydrogen-bond donors (Lipinski definition) is 2. The minimum atomic E-state index is -0.540. The van der Waals surface area contributed by atoms with Gasteiger partial charge in [0.25, 0.3) is 0 Å². The summed E-state index contributed by atoms with van der Waals surface area (Å²) in [5.74, 6) is 0.687. The average Bonchev–Trinajstić information content (AvgIpc) is 2.51. The normalized spacial score (nSPS) is 13.9. The zero-order chi connectivity index (χ0) is 10.7. The second kappa shape index (κ2) is 5.67. The van der Waals surface area contributed by atoms with Crippen molar-refractivity contribution < 1.29 is 9.32 Å². The zero-order valence-corrected chi connectivity index (χ0v) is 9.67. The van der Waals surface area contributed by atoms with E-state index in [9.17, 15) is 4.79 Å². The number of rotatable bonds is 3. The average molecular weight is 235 g/mol. The monoisotopic (exact) mass is 234 g/mol. The van der Waals surface area contributed by atoms with Crippen LogP contribution in [0.4, 0.5) is 0 Å². The van der Waals surface area contributed by atoms with E-state index in [0.29, 0.717) is 11.7 Å². The minimum Gasteiger partial charge on any atom is -0.343 e. The first-order valence-electron chi connectivity index (χ1n) is 4.37. The molecule has 2 atom stereocenters. The molecule has 86 valence electrons. The van der Waals surface area contributed by atoms with Crippen LogP contribution in [0.5, 0.6) is 0 Å². The number of hydrogen-bond acceptors (Lipinski definition) is 5. The molecule has 15 heavy (non-hydrogen) atoms. The molecule has 1 heterocycles. The fourth-order valence-electron chi connectivity index (χ4n) is 0.896. The Hall–Kier alpha value is -1.14. The zero-order valence-electron chi connectivity index (χ0n) is 8.85. The quantitative estimate of drug-likeness (QED) is 0.786. The predicted octanol–water partition coefficient (Wildman–Crippen LogP) is 0.324. The molecule has 1 unspecified atom stereocenters. The number of carbonyl (C=O) groups excluding carboxylic acids is 1. The molecule has 0 fully saturated rings. The van der Waals surface area contributed by atoms with Gasteiger partial charge in [-0.25, -0.2) is 0 Å². The van der Waals surface area contributed by atoms with Crippen LogP contribution in [-0.2, 0) is 4.79 Å². The van der Waals surface area contributed by atoms with Crippen molar-refractivity contribution in [1.29, 1.82) is 0 Å². The van der Waals surface area contributed by atoms with E-state index in [-0.39, 0.29) is 24.4 Å². The summed E-state index contributed by atoms with van der Waals surface area (Å²) in [5, 5.41) is 6.27. The van der Waals surface area contributed by atoms with E-state index in [1.165, 1.54) is 0 Å². The van der Waals surface area contributed by atoms with Crippen molar-refractivity contribution in [3.8, 4) is 0 Å². The van der Waals surface area contributed by atoms with Crippen LogP contribution in [-0.4, -0.2) is 22.1 Å². The first-order valence-corrected chi connectivity index (χ1v) is 4.37. The third kappa shape index (κ3) is 3.85. The van der Waals surface area contributed by atoms with E-state index in [1.54, 1.807) is 20.8 Å². The lowest BCUT2D eigenvalue weighted by Gasteiger charge is -2.11. The number of amides is 1. The lowest BCUT2D eigenvalue weighted by Crippen LogP contribution is -2.39. The minimum absolute atomic E-state index is 0. The third-order valence-corrected chi connectivity index (χ3v) is 1.69. The van der Waals surface area contributed by atoms with Crippen LogP contribution in [0.25, 0.3) is 0 Å². The highest BCUT2D eigenvalue weighted by Gasteiger charge is 2.16. The maximum absolute atomic E-state index is 11.2. The lowest BCUT2D eigenvalue weighted by atomic mass is 10.3. The summed E-state index contributed by atoms with van der Waals surface area (Å²) in [6, 6.07) is -0.851. The maximum Gasteiger partial charge on any atom is 0.248 e. The molecule has 0 aliphatic carbocycles. The van der Waals surface area contributed by atoms with Crippen molar-refractivity contribution in [3.63, 3.8) is 0 Å². The van der Waals surface area contributed by atoms with Crippen molar-refractivity contribution in [3.05, 3.63) is 11.7 Å². The van der Waals surface area contributed by atoms with E-state index >= 15 is 0 Å². The molecule has 1 aromatic heterocycles. The molecule has 0 aliphatic rings. The molecule has 1 aromatic rings. The van der Waals surface area contributed by atoms with Crippen LogP contribution in [0.1, 0.15) is 31.6 Å². The summed E-state index contributed by atoms with van der Waals surface area (Å²) in [6.07, 6.45) is 0. The second-order valence-electron chi connectivity index (χ2n) is 3.20. The van der Waals surface area contributed by atoms with Gasteiger partial charge in [0.2, 0.25) is 11.8 Å². The van der Waals surface area contributed by atoms with E-state index in [0.717, 1.165) is 0 Å². The van der Waals surface area contributed by atoms with Crippen LogP contribution >= 0.6 is 12.4 Å². The Bertz CT molecular complexity index is 326. The van der Waals surface area contributed by atoms with Gasteiger partial charge in [0.1, 0.15) is 6.04 Å². The Morgan fingerprint density at radius 1 is 1.53 bits per heavy atom. The molecular formula is C8H15ClN4O2. The highest BCUT2D eigenvalue weighted by atomic mass is 35.5. The van der Waals surface area contributed by atoms with E-state index in [4.69, 9.17) is 10.3 Å². The van der Waals surface area contributed by atoms with Gasteiger partial charge in [-0.1, -0.05) is 5.16 Å². The third-order valence-electron chi connectivity index (χ3n) is 1.69. The van der Waals surface area contributed by atoms with Crippen molar-refractivity contribution in [2.45, 2.75) is 32.9 Å². The summed E-state index contributed by atoms with van der Waals surface area (Å²) in [7, 11) is 0. The first-order chi connectivity index (χ1) is 6.50. The topological polar surface area (TPSA) is 94.0 Å². The molecule has 0 saturated heterocycles. The maximum atomic E-state index is 11.2. The van der Waals surface area contributed by atoms with Crippen molar-refractivity contribution >= 4 is 18.3 Å². The van der Waals surface area contributed by atoms with Gasteiger partial charge in [0.05, 0.1) is 6.04 Å². The standard InChI is InChI=1S/C8H14N4O2.ClH/c1-4(9)7(13)10-5(2)8-11-6(3)12-14-8;/h4-5H,9H2,1-3H3,(H,10,13);1H/t4-,5?;/m1./s1. The Kier molecular flexibility index (Phi) is 5.24. The smallest absolute Gasteiger partial charge is 0.248 e. The number of aromatic nitrogens is 2. The van der Waals surface area contributed by atoms with Crippen LogP contribution < -0.4 is 11.1 Å². The van der Waals surface area contributed by atoms with Crippen molar-refractivity contribution in [2.24, 2.45) is 5.73 Å². The molecule has 3 N–H and O–H groups in total. The molecule has 0 saturated carbocycles. The van der Waals surface area contributed by atoms with Gasteiger partial charge >= 0.3 is 0 Å². The molecule has 0 radical (unpaired) electrons. The molecule has 6 nitrogen and oxygen atoms in total. The van der Waals surface area contributed by atoms with E-state index in [1.807, 2.05) is 0 Å². The molecule has 1 rings (SSSR count). The van der Waals surface area contributed by atoms with Gasteiger partial charge in [0, 0.05) is 0 Å². The Morgan fingerprint density at radius 3 is 2.53 bits per heavy atom. The van der Waals surface area contributed by atoms with Gasteiger partial charge in [-0.3, -0.25) is 4.79 Å². The SMILES string of the molecule is Cc1noc(C(C)NC(=O)[C@@H](C)N)n1.Cl. The van der Waals surface area contributed by atoms with Gasteiger partial charge in [-0.2, -0.15) is 4.98 Å². The molecule has 0 bridgehead atoms. The molecule has 0 aliphatic heterocycles. The van der Waals surface area contributed by atoms with Crippen LogP contribution in [0.15, 0.2) is 4.52 Å². The molecule has 0 spiro atoms.